The van der Waals surface area contributed by atoms with E-state index in [2.05, 4.69) is 39.5 Å². The Morgan fingerprint density at radius 2 is 2.04 bits per heavy atom. The molecule has 1 saturated heterocycles. The van der Waals surface area contributed by atoms with Gasteiger partial charge in [0.05, 0.1) is 6.10 Å². The average molecular weight is 325 g/mol. The van der Waals surface area contributed by atoms with Gasteiger partial charge in [0.25, 0.3) is 0 Å². The summed E-state index contributed by atoms with van der Waals surface area (Å²) >= 11 is 0. The second-order valence-electron chi connectivity index (χ2n) is 6.27. The van der Waals surface area contributed by atoms with Crippen LogP contribution in [0.15, 0.2) is 48.7 Å². The molecule has 1 fully saturated rings. The molecule has 1 atom stereocenters. The fourth-order valence-electron chi connectivity index (χ4n) is 2.91. The average Bonchev–Trinajstić information content (AvgIpc) is 3.04. The Labute approximate surface area is 142 Å². The summed E-state index contributed by atoms with van der Waals surface area (Å²) in [4.78, 5) is 18.9. The van der Waals surface area contributed by atoms with E-state index in [1.54, 1.807) is 18.3 Å². The summed E-state index contributed by atoms with van der Waals surface area (Å²) < 4.78 is 5.30. The van der Waals surface area contributed by atoms with Crippen molar-refractivity contribution in [2.75, 3.05) is 23.3 Å². The van der Waals surface area contributed by atoms with Crippen LogP contribution in [0.1, 0.15) is 30.6 Å². The molecule has 0 saturated carbocycles. The lowest BCUT2D eigenvalue weighted by molar-refractivity contribution is 0.0378. The molecule has 1 unspecified atom stereocenters. The van der Waals surface area contributed by atoms with Crippen LogP contribution in [0.2, 0.25) is 0 Å². The summed E-state index contributed by atoms with van der Waals surface area (Å²) in [5.41, 5.74) is 1.71. The largest absolute Gasteiger partial charge is 0.459 e. The number of para-hydroxylation sites is 1. The van der Waals surface area contributed by atoms with E-state index < -0.39 is 0 Å². The molecule has 1 aromatic carbocycles. The number of aromatic nitrogens is 1. The van der Waals surface area contributed by atoms with Crippen LogP contribution in [-0.4, -0.2) is 36.2 Å². The molecule has 0 amide bonds. The monoisotopic (exact) mass is 325 g/mol. The molecule has 1 aliphatic heterocycles. The highest BCUT2D eigenvalue weighted by atomic mass is 16.5. The highest BCUT2D eigenvalue weighted by molar-refractivity contribution is 5.94. The molecule has 3 rings (SSSR count). The van der Waals surface area contributed by atoms with E-state index in [1.165, 1.54) is 5.69 Å². The van der Waals surface area contributed by atoms with Crippen LogP contribution in [0, 0.1) is 0 Å². The van der Waals surface area contributed by atoms with Crippen LogP contribution < -0.4 is 10.2 Å². The van der Waals surface area contributed by atoms with Crippen LogP contribution in [-0.2, 0) is 4.74 Å². The normalized spacial score (nSPS) is 17.1. The van der Waals surface area contributed by atoms with Gasteiger partial charge in [-0.1, -0.05) is 18.2 Å². The molecule has 2 aromatic rings. The Hall–Kier alpha value is -2.56. The van der Waals surface area contributed by atoms with E-state index in [1.807, 2.05) is 19.9 Å². The number of esters is 1. The van der Waals surface area contributed by atoms with Crippen molar-refractivity contribution in [3.05, 3.63) is 54.2 Å². The lowest BCUT2D eigenvalue weighted by Crippen LogP contribution is -2.27. The summed E-state index contributed by atoms with van der Waals surface area (Å²) in [7, 11) is 0. The van der Waals surface area contributed by atoms with Crippen molar-refractivity contribution in [3.63, 3.8) is 0 Å². The van der Waals surface area contributed by atoms with E-state index in [0.29, 0.717) is 11.4 Å². The van der Waals surface area contributed by atoms with Gasteiger partial charge in [-0.05, 0) is 44.5 Å². The quantitative estimate of drug-likeness (QED) is 0.855. The number of rotatable bonds is 5. The standard InChI is InChI=1S/C19H23N3O2/c1-14(2)24-19(23)17-9-6-11-20-18(17)21-15-10-12-22(13-15)16-7-4-3-5-8-16/h3-9,11,14-15H,10,12-13H2,1-2H3,(H,20,21). The zero-order chi connectivity index (χ0) is 16.9. The smallest absolute Gasteiger partial charge is 0.342 e. The molecule has 0 aliphatic carbocycles. The number of nitrogens with one attached hydrogen (secondary N) is 1. The molecule has 1 aromatic heterocycles. The van der Waals surface area contributed by atoms with Crippen molar-refractivity contribution < 1.29 is 9.53 Å². The van der Waals surface area contributed by atoms with Crippen LogP contribution in [0.4, 0.5) is 11.5 Å². The maximum atomic E-state index is 12.2. The van der Waals surface area contributed by atoms with E-state index in [4.69, 9.17) is 4.74 Å². The van der Waals surface area contributed by atoms with E-state index in [-0.39, 0.29) is 18.1 Å². The van der Waals surface area contributed by atoms with Gasteiger partial charge in [0.1, 0.15) is 11.4 Å². The number of hydrogen-bond acceptors (Lipinski definition) is 5. The fourth-order valence-corrected chi connectivity index (χ4v) is 2.91. The molecule has 1 aliphatic rings. The van der Waals surface area contributed by atoms with Gasteiger partial charge in [-0.15, -0.1) is 0 Å². The molecule has 0 radical (unpaired) electrons. The third-order valence-corrected chi connectivity index (χ3v) is 4.02. The van der Waals surface area contributed by atoms with Crippen molar-refractivity contribution in [2.45, 2.75) is 32.4 Å². The van der Waals surface area contributed by atoms with Crippen LogP contribution >= 0.6 is 0 Å². The zero-order valence-corrected chi connectivity index (χ0v) is 14.1. The van der Waals surface area contributed by atoms with Gasteiger partial charge >= 0.3 is 5.97 Å². The second-order valence-corrected chi connectivity index (χ2v) is 6.27. The highest BCUT2D eigenvalue weighted by Crippen LogP contribution is 2.23. The summed E-state index contributed by atoms with van der Waals surface area (Å²) in [5, 5.41) is 3.41. The maximum Gasteiger partial charge on any atom is 0.342 e. The molecule has 5 heteroatoms. The molecule has 126 valence electrons. The fraction of sp³-hybridized carbons (Fsp3) is 0.368. The summed E-state index contributed by atoms with van der Waals surface area (Å²) in [6.07, 6.45) is 2.55. The molecule has 5 nitrogen and oxygen atoms in total. The molecular formula is C19H23N3O2. The predicted molar refractivity (Wildman–Crippen MR) is 95.5 cm³/mol. The molecular weight excluding hydrogens is 302 g/mol. The molecule has 1 N–H and O–H groups in total. The number of carbonyl (C=O) groups excluding carboxylic acids is 1. The Morgan fingerprint density at radius 1 is 1.25 bits per heavy atom. The van der Waals surface area contributed by atoms with Crippen LogP contribution in [0.5, 0.6) is 0 Å². The highest BCUT2D eigenvalue weighted by Gasteiger charge is 2.24. The lowest BCUT2D eigenvalue weighted by atomic mass is 10.2. The first-order valence-electron chi connectivity index (χ1n) is 8.36. The maximum absolute atomic E-state index is 12.2. The number of hydrogen-bond donors (Lipinski definition) is 1. The summed E-state index contributed by atoms with van der Waals surface area (Å²) in [6.45, 7) is 5.56. The molecule has 24 heavy (non-hydrogen) atoms. The van der Waals surface area contributed by atoms with Crippen LogP contribution in [0.3, 0.4) is 0 Å². The SMILES string of the molecule is CC(C)OC(=O)c1cccnc1NC1CCN(c2ccccc2)C1. The van der Waals surface area contributed by atoms with Gasteiger partial charge in [0.2, 0.25) is 0 Å². The summed E-state index contributed by atoms with van der Waals surface area (Å²) in [5.74, 6) is 0.265. The Bertz CT molecular complexity index is 688. The second kappa shape index (κ2) is 7.34. The van der Waals surface area contributed by atoms with Crippen molar-refractivity contribution in [2.24, 2.45) is 0 Å². The Morgan fingerprint density at radius 3 is 2.79 bits per heavy atom. The van der Waals surface area contributed by atoms with Crippen molar-refractivity contribution >= 4 is 17.5 Å². The number of benzene rings is 1. The Balaban J connectivity index is 1.68. The minimum Gasteiger partial charge on any atom is -0.459 e. The van der Waals surface area contributed by atoms with Gasteiger partial charge < -0.3 is 15.0 Å². The van der Waals surface area contributed by atoms with E-state index >= 15 is 0 Å². The lowest BCUT2D eigenvalue weighted by Gasteiger charge is -2.20. The van der Waals surface area contributed by atoms with Crippen molar-refractivity contribution in [1.82, 2.24) is 4.98 Å². The van der Waals surface area contributed by atoms with Crippen LogP contribution in [0.25, 0.3) is 0 Å². The number of anilines is 2. The number of nitrogens with zero attached hydrogens (tertiary/aromatic N) is 2. The van der Waals surface area contributed by atoms with Gasteiger partial charge in [0, 0.05) is 31.0 Å². The van der Waals surface area contributed by atoms with Gasteiger partial charge in [-0.25, -0.2) is 9.78 Å². The molecule has 0 bridgehead atoms. The zero-order valence-electron chi connectivity index (χ0n) is 14.1. The number of carbonyl (C=O) groups is 1. The van der Waals surface area contributed by atoms with Crippen molar-refractivity contribution in [1.29, 1.82) is 0 Å². The first-order chi connectivity index (χ1) is 11.6. The third-order valence-electron chi connectivity index (χ3n) is 4.02. The number of pyridine rings is 1. The first kappa shape index (κ1) is 16.3. The Kier molecular flexibility index (Phi) is 4.99. The van der Waals surface area contributed by atoms with Gasteiger partial charge in [-0.2, -0.15) is 0 Å². The minimum absolute atomic E-state index is 0.148. The molecule has 2 heterocycles. The third kappa shape index (κ3) is 3.85. The van der Waals surface area contributed by atoms with Gasteiger partial charge in [0.15, 0.2) is 0 Å². The molecule has 0 spiro atoms. The van der Waals surface area contributed by atoms with E-state index in [0.717, 1.165) is 19.5 Å². The predicted octanol–water partition coefficient (Wildman–Crippen LogP) is 3.34. The first-order valence-corrected chi connectivity index (χ1v) is 8.36. The topological polar surface area (TPSA) is 54.5 Å². The van der Waals surface area contributed by atoms with E-state index in [9.17, 15) is 4.79 Å². The van der Waals surface area contributed by atoms with Gasteiger partial charge in [-0.3, -0.25) is 0 Å². The minimum atomic E-state index is -0.335. The summed E-state index contributed by atoms with van der Waals surface area (Å²) in [6, 6.07) is 14.1. The van der Waals surface area contributed by atoms with Crippen molar-refractivity contribution in [3.8, 4) is 0 Å². The number of ether oxygens (including phenoxy) is 1.